The lowest BCUT2D eigenvalue weighted by molar-refractivity contribution is 0.104. The van der Waals surface area contributed by atoms with E-state index in [1.54, 1.807) is 18.2 Å². The molecule has 0 aromatic heterocycles. The molecule has 0 heterocycles. The Labute approximate surface area is 71.7 Å². The van der Waals surface area contributed by atoms with E-state index in [1.165, 1.54) is 6.08 Å². The van der Waals surface area contributed by atoms with E-state index in [4.69, 9.17) is 5.73 Å². The lowest BCUT2D eigenvalue weighted by Gasteiger charge is -2.03. The number of nitrogen functional groups attached to an aromatic ring is 1. The minimum Gasteiger partial charge on any atom is -0.398 e. The molecule has 62 valence electrons. The van der Waals surface area contributed by atoms with Crippen molar-refractivity contribution in [3.8, 4) is 0 Å². The van der Waals surface area contributed by atoms with Gasteiger partial charge in [0, 0.05) is 11.3 Å². The molecule has 12 heavy (non-hydrogen) atoms. The molecule has 0 radical (unpaired) electrons. The molecule has 0 aliphatic rings. The third-order valence-corrected chi connectivity index (χ3v) is 1.83. The Bertz CT molecular complexity index is 329. The van der Waals surface area contributed by atoms with Crippen LogP contribution in [0.25, 0.3) is 0 Å². The summed E-state index contributed by atoms with van der Waals surface area (Å²) in [5.41, 5.74) is 7.72. The van der Waals surface area contributed by atoms with Crippen molar-refractivity contribution in [1.82, 2.24) is 0 Å². The molecule has 1 aromatic carbocycles. The molecule has 0 aliphatic heterocycles. The van der Waals surface area contributed by atoms with Gasteiger partial charge in [0.15, 0.2) is 5.78 Å². The van der Waals surface area contributed by atoms with E-state index in [0.717, 1.165) is 5.56 Å². The highest BCUT2D eigenvalue weighted by atomic mass is 16.1. The summed E-state index contributed by atoms with van der Waals surface area (Å²) in [6.07, 6.45) is 1.29. The molecule has 2 nitrogen and oxygen atoms in total. The van der Waals surface area contributed by atoms with Crippen molar-refractivity contribution in [3.63, 3.8) is 0 Å². The summed E-state index contributed by atoms with van der Waals surface area (Å²) in [6, 6.07) is 5.28. The summed E-state index contributed by atoms with van der Waals surface area (Å²) in [5, 5.41) is 0. The van der Waals surface area contributed by atoms with Crippen LogP contribution in [0, 0.1) is 6.92 Å². The van der Waals surface area contributed by atoms with Crippen molar-refractivity contribution < 1.29 is 4.79 Å². The number of nitrogens with two attached hydrogens (primary N) is 1. The monoisotopic (exact) mass is 161 g/mol. The lowest BCUT2D eigenvalue weighted by Crippen LogP contribution is -2.00. The highest BCUT2D eigenvalue weighted by Crippen LogP contribution is 2.15. The van der Waals surface area contributed by atoms with Crippen molar-refractivity contribution in [2.45, 2.75) is 6.92 Å². The maximum absolute atomic E-state index is 11.2. The van der Waals surface area contributed by atoms with E-state index in [0.29, 0.717) is 11.3 Å². The van der Waals surface area contributed by atoms with Crippen molar-refractivity contribution in [1.29, 1.82) is 0 Å². The quantitative estimate of drug-likeness (QED) is 0.409. The topological polar surface area (TPSA) is 43.1 Å². The molecular formula is C10H11NO. The van der Waals surface area contributed by atoms with Crippen LogP contribution in [-0.2, 0) is 0 Å². The van der Waals surface area contributed by atoms with Crippen molar-refractivity contribution in [2.24, 2.45) is 0 Å². The number of ketones is 1. The van der Waals surface area contributed by atoms with E-state index in [-0.39, 0.29) is 5.78 Å². The van der Waals surface area contributed by atoms with Gasteiger partial charge in [0.25, 0.3) is 0 Å². The molecule has 2 N–H and O–H groups in total. The summed E-state index contributed by atoms with van der Waals surface area (Å²) in [4.78, 5) is 11.2. The Balaban J connectivity index is 3.25. The van der Waals surface area contributed by atoms with E-state index in [9.17, 15) is 4.79 Å². The van der Waals surface area contributed by atoms with Crippen LogP contribution in [-0.4, -0.2) is 5.78 Å². The van der Waals surface area contributed by atoms with Crippen molar-refractivity contribution >= 4 is 11.5 Å². The van der Waals surface area contributed by atoms with Crippen molar-refractivity contribution in [3.05, 3.63) is 42.0 Å². The fourth-order valence-electron chi connectivity index (χ4n) is 1.03. The highest BCUT2D eigenvalue weighted by Gasteiger charge is 2.05. The second-order valence-corrected chi connectivity index (χ2v) is 2.59. The third-order valence-electron chi connectivity index (χ3n) is 1.83. The number of carbonyl (C=O) groups is 1. The number of hydrogen-bond acceptors (Lipinski definition) is 2. The lowest BCUT2D eigenvalue weighted by atomic mass is 10.0. The van der Waals surface area contributed by atoms with Crippen LogP contribution in [0.5, 0.6) is 0 Å². The molecule has 1 aromatic rings. The van der Waals surface area contributed by atoms with E-state index in [1.807, 2.05) is 6.92 Å². The molecule has 0 saturated carbocycles. The number of anilines is 1. The van der Waals surface area contributed by atoms with Crippen LogP contribution in [0.15, 0.2) is 30.9 Å². The first-order chi connectivity index (χ1) is 5.66. The molecule has 1 rings (SSSR count). The van der Waals surface area contributed by atoms with Gasteiger partial charge in [0.05, 0.1) is 0 Å². The summed E-state index contributed by atoms with van der Waals surface area (Å²) >= 11 is 0. The second kappa shape index (κ2) is 3.22. The molecular weight excluding hydrogens is 150 g/mol. The van der Waals surface area contributed by atoms with Gasteiger partial charge >= 0.3 is 0 Å². The molecule has 0 saturated heterocycles. The largest absolute Gasteiger partial charge is 0.398 e. The fourth-order valence-corrected chi connectivity index (χ4v) is 1.03. The molecule has 0 atom stereocenters. The van der Waals surface area contributed by atoms with Crippen LogP contribution in [0.4, 0.5) is 5.69 Å². The van der Waals surface area contributed by atoms with Crippen LogP contribution < -0.4 is 5.73 Å². The standard InChI is InChI=1S/C10H11NO/c1-3-10(12)8-5-4-6-9(11)7(8)2/h3-6H,1,11H2,2H3. The van der Waals surface area contributed by atoms with Crippen LogP contribution in [0.2, 0.25) is 0 Å². The maximum Gasteiger partial charge on any atom is 0.185 e. The van der Waals surface area contributed by atoms with Crippen LogP contribution in [0.3, 0.4) is 0 Å². The van der Waals surface area contributed by atoms with Gasteiger partial charge < -0.3 is 5.73 Å². The summed E-state index contributed by atoms with van der Waals surface area (Å²) < 4.78 is 0. The van der Waals surface area contributed by atoms with Gasteiger partial charge in [-0.2, -0.15) is 0 Å². The number of allylic oxidation sites excluding steroid dienone is 1. The predicted octanol–water partition coefficient (Wildman–Crippen LogP) is 1.95. The minimum absolute atomic E-state index is 0.0835. The molecule has 0 aliphatic carbocycles. The molecule has 2 heteroatoms. The van der Waals surface area contributed by atoms with Gasteiger partial charge in [0.2, 0.25) is 0 Å². The SMILES string of the molecule is C=CC(=O)c1cccc(N)c1C. The summed E-state index contributed by atoms with van der Waals surface area (Å²) in [7, 11) is 0. The van der Waals surface area contributed by atoms with E-state index >= 15 is 0 Å². The zero-order valence-corrected chi connectivity index (χ0v) is 7.00. The van der Waals surface area contributed by atoms with Gasteiger partial charge in [-0.05, 0) is 24.6 Å². The van der Waals surface area contributed by atoms with Crippen LogP contribution >= 0.6 is 0 Å². The Hall–Kier alpha value is -1.57. The van der Waals surface area contributed by atoms with E-state index in [2.05, 4.69) is 6.58 Å². The first-order valence-electron chi connectivity index (χ1n) is 3.68. The number of hydrogen-bond donors (Lipinski definition) is 1. The molecule has 0 fully saturated rings. The van der Waals surface area contributed by atoms with Crippen molar-refractivity contribution in [2.75, 3.05) is 5.73 Å². The predicted molar refractivity (Wildman–Crippen MR) is 50.1 cm³/mol. The van der Waals surface area contributed by atoms with Gasteiger partial charge in [-0.15, -0.1) is 0 Å². The Morgan fingerprint density at radius 3 is 2.83 bits per heavy atom. The highest BCUT2D eigenvalue weighted by molar-refractivity contribution is 6.05. The average molecular weight is 161 g/mol. The molecule has 0 bridgehead atoms. The zero-order chi connectivity index (χ0) is 9.14. The summed E-state index contributed by atoms with van der Waals surface area (Å²) in [6.45, 7) is 5.24. The summed E-state index contributed by atoms with van der Waals surface area (Å²) in [5.74, 6) is -0.0835. The second-order valence-electron chi connectivity index (χ2n) is 2.59. The fraction of sp³-hybridized carbons (Fsp3) is 0.100. The van der Waals surface area contributed by atoms with Gasteiger partial charge in [-0.1, -0.05) is 18.7 Å². The number of carbonyl (C=O) groups excluding carboxylic acids is 1. The van der Waals surface area contributed by atoms with Crippen LogP contribution in [0.1, 0.15) is 15.9 Å². The average Bonchev–Trinajstić information content (AvgIpc) is 2.08. The molecule has 0 spiro atoms. The third kappa shape index (κ3) is 1.37. The van der Waals surface area contributed by atoms with Gasteiger partial charge in [0.1, 0.15) is 0 Å². The smallest absolute Gasteiger partial charge is 0.185 e. The Kier molecular flexibility index (Phi) is 2.29. The van der Waals surface area contributed by atoms with Gasteiger partial charge in [-0.25, -0.2) is 0 Å². The first kappa shape index (κ1) is 8.53. The minimum atomic E-state index is -0.0835. The zero-order valence-electron chi connectivity index (χ0n) is 7.00. The Morgan fingerprint density at radius 1 is 1.58 bits per heavy atom. The number of rotatable bonds is 2. The number of benzene rings is 1. The molecule has 0 amide bonds. The normalized spacial score (nSPS) is 9.42. The Morgan fingerprint density at radius 2 is 2.25 bits per heavy atom. The first-order valence-corrected chi connectivity index (χ1v) is 3.68. The van der Waals surface area contributed by atoms with Gasteiger partial charge in [-0.3, -0.25) is 4.79 Å². The molecule has 0 unspecified atom stereocenters. The maximum atomic E-state index is 11.2. The van der Waals surface area contributed by atoms with E-state index < -0.39 is 0 Å².